The predicted octanol–water partition coefficient (Wildman–Crippen LogP) is 4.38. The maximum Gasteiger partial charge on any atom is 0.319 e. The lowest BCUT2D eigenvalue weighted by Crippen LogP contribution is -2.28. The van der Waals surface area contributed by atoms with Gasteiger partial charge in [-0.05, 0) is 40.8 Å². The molecule has 26 heavy (non-hydrogen) atoms. The molecule has 5 nitrogen and oxygen atoms in total. The Morgan fingerprint density at radius 2 is 1.77 bits per heavy atom. The van der Waals surface area contributed by atoms with Crippen LogP contribution in [0.2, 0.25) is 0 Å². The van der Waals surface area contributed by atoms with Crippen LogP contribution in [0.15, 0.2) is 67.0 Å². The zero-order valence-electron chi connectivity index (χ0n) is 15.1. The molecule has 0 saturated carbocycles. The highest BCUT2D eigenvalue weighted by Crippen LogP contribution is 2.17. The largest absolute Gasteiger partial charge is 0.334 e. The number of benzene rings is 2. The second-order valence-corrected chi connectivity index (χ2v) is 6.56. The summed E-state index contributed by atoms with van der Waals surface area (Å²) in [6.07, 6.45) is 3.69. The molecule has 134 valence electrons. The summed E-state index contributed by atoms with van der Waals surface area (Å²) in [6, 6.07) is 17.7. The Bertz CT molecular complexity index is 839. The maximum atomic E-state index is 12.2. The van der Waals surface area contributed by atoms with E-state index in [1.807, 2.05) is 59.4 Å². The van der Waals surface area contributed by atoms with Gasteiger partial charge in [0.2, 0.25) is 0 Å². The number of hydrogen-bond acceptors (Lipinski definition) is 2. The van der Waals surface area contributed by atoms with Crippen molar-refractivity contribution < 1.29 is 4.79 Å². The minimum Gasteiger partial charge on any atom is -0.334 e. The van der Waals surface area contributed by atoms with Crippen molar-refractivity contribution in [2.24, 2.45) is 0 Å². The number of nitrogens with one attached hydrogen (secondary N) is 2. The van der Waals surface area contributed by atoms with Crippen LogP contribution in [0.25, 0.3) is 0 Å². The topological polar surface area (TPSA) is 59.0 Å². The lowest BCUT2D eigenvalue weighted by Gasteiger charge is -2.12. The molecule has 0 unspecified atom stereocenters. The zero-order chi connectivity index (χ0) is 18.4. The summed E-state index contributed by atoms with van der Waals surface area (Å²) in [5.41, 5.74) is 4.26. The summed E-state index contributed by atoms with van der Waals surface area (Å²) in [5.74, 6) is 0.476. The van der Waals surface area contributed by atoms with Crippen molar-refractivity contribution in [3.8, 4) is 0 Å². The van der Waals surface area contributed by atoms with Gasteiger partial charge in [-0.1, -0.05) is 50.2 Å². The number of carbonyl (C=O) groups is 1. The van der Waals surface area contributed by atoms with E-state index >= 15 is 0 Å². The Morgan fingerprint density at radius 3 is 2.42 bits per heavy atom. The second-order valence-electron chi connectivity index (χ2n) is 6.56. The third-order valence-electron chi connectivity index (χ3n) is 4.28. The van der Waals surface area contributed by atoms with E-state index < -0.39 is 0 Å². The first-order valence-corrected chi connectivity index (χ1v) is 8.81. The Morgan fingerprint density at radius 1 is 1.04 bits per heavy atom. The number of hydrogen-bond donors (Lipinski definition) is 2. The van der Waals surface area contributed by atoms with Crippen molar-refractivity contribution in [2.75, 3.05) is 5.32 Å². The number of carbonyl (C=O) groups excluding carboxylic acids is 1. The predicted molar refractivity (Wildman–Crippen MR) is 104 cm³/mol. The first-order valence-electron chi connectivity index (χ1n) is 8.81. The molecule has 1 aromatic heterocycles. The fraction of sp³-hybridized carbons (Fsp3) is 0.238. The normalized spacial score (nSPS) is 10.7. The van der Waals surface area contributed by atoms with Crippen LogP contribution in [0.1, 0.15) is 36.5 Å². The number of nitrogens with zero attached hydrogens (tertiary/aromatic N) is 2. The molecular weight excluding hydrogens is 324 g/mol. The van der Waals surface area contributed by atoms with Crippen molar-refractivity contribution >= 4 is 11.7 Å². The molecule has 5 heteroatoms. The van der Waals surface area contributed by atoms with Crippen LogP contribution in [0, 0.1) is 0 Å². The fourth-order valence-electron chi connectivity index (χ4n) is 2.75. The third-order valence-corrected chi connectivity index (χ3v) is 4.28. The van der Waals surface area contributed by atoms with E-state index in [1.54, 1.807) is 6.20 Å². The molecule has 0 atom stereocenters. The molecular formula is C21H24N4O. The number of aromatic nitrogens is 2. The van der Waals surface area contributed by atoms with E-state index in [9.17, 15) is 4.79 Å². The summed E-state index contributed by atoms with van der Waals surface area (Å²) in [5, 5.41) is 10.0. The van der Waals surface area contributed by atoms with E-state index in [4.69, 9.17) is 0 Å². The van der Waals surface area contributed by atoms with Crippen molar-refractivity contribution in [2.45, 2.75) is 32.9 Å². The minimum atomic E-state index is -0.212. The number of urea groups is 1. The standard InChI is InChI=1S/C21H24N4O/c1-16(2)17-8-10-20(11-9-17)24-21(26)22-14-18-6-3-4-7-19(18)15-25-13-5-12-23-25/h3-13,16H,14-15H2,1-2H3,(H2,22,24,26). The second kappa shape index (κ2) is 8.34. The SMILES string of the molecule is CC(C)c1ccc(NC(=O)NCc2ccccc2Cn2cccn2)cc1. The van der Waals surface area contributed by atoms with Gasteiger partial charge < -0.3 is 10.6 Å². The van der Waals surface area contributed by atoms with Crippen LogP contribution in [0.4, 0.5) is 10.5 Å². The van der Waals surface area contributed by atoms with Gasteiger partial charge >= 0.3 is 6.03 Å². The highest BCUT2D eigenvalue weighted by Gasteiger charge is 2.06. The Labute approximate surface area is 154 Å². The molecule has 0 aliphatic rings. The monoisotopic (exact) mass is 348 g/mol. The van der Waals surface area contributed by atoms with Gasteiger partial charge in [0.05, 0.1) is 6.54 Å². The summed E-state index contributed by atoms with van der Waals surface area (Å²) in [4.78, 5) is 12.2. The quantitative estimate of drug-likeness (QED) is 0.695. The van der Waals surface area contributed by atoms with E-state index in [2.05, 4.69) is 35.6 Å². The summed E-state index contributed by atoms with van der Waals surface area (Å²) >= 11 is 0. The highest BCUT2D eigenvalue weighted by molar-refractivity contribution is 5.89. The Balaban J connectivity index is 1.57. The lowest BCUT2D eigenvalue weighted by atomic mass is 10.0. The van der Waals surface area contributed by atoms with E-state index in [0.717, 1.165) is 16.8 Å². The first kappa shape index (κ1) is 17.7. The molecule has 0 spiro atoms. The molecule has 0 bridgehead atoms. The summed E-state index contributed by atoms with van der Waals surface area (Å²) < 4.78 is 1.87. The van der Waals surface area contributed by atoms with Crippen LogP contribution < -0.4 is 10.6 Å². The molecule has 0 aliphatic heterocycles. The van der Waals surface area contributed by atoms with Crippen molar-refractivity contribution in [1.29, 1.82) is 0 Å². The van der Waals surface area contributed by atoms with Gasteiger partial charge in [-0.25, -0.2) is 4.79 Å². The van der Waals surface area contributed by atoms with Crippen LogP contribution >= 0.6 is 0 Å². The van der Waals surface area contributed by atoms with E-state index in [0.29, 0.717) is 19.0 Å². The molecule has 2 aromatic carbocycles. The summed E-state index contributed by atoms with van der Waals surface area (Å²) in [6.45, 7) is 5.45. The summed E-state index contributed by atoms with van der Waals surface area (Å²) in [7, 11) is 0. The molecule has 0 fully saturated rings. The molecule has 1 heterocycles. The fourth-order valence-corrected chi connectivity index (χ4v) is 2.75. The van der Waals surface area contributed by atoms with E-state index in [-0.39, 0.29) is 6.03 Å². The van der Waals surface area contributed by atoms with Crippen LogP contribution in [0.3, 0.4) is 0 Å². The molecule has 0 radical (unpaired) electrons. The third kappa shape index (κ3) is 4.72. The van der Waals surface area contributed by atoms with Crippen LogP contribution in [-0.4, -0.2) is 15.8 Å². The van der Waals surface area contributed by atoms with Crippen molar-refractivity contribution in [1.82, 2.24) is 15.1 Å². The zero-order valence-corrected chi connectivity index (χ0v) is 15.1. The van der Waals surface area contributed by atoms with Crippen LogP contribution in [0.5, 0.6) is 0 Å². The minimum absolute atomic E-state index is 0.212. The van der Waals surface area contributed by atoms with Gasteiger partial charge in [0.25, 0.3) is 0 Å². The molecule has 3 aromatic rings. The molecule has 2 amide bonds. The van der Waals surface area contributed by atoms with Gasteiger partial charge in [0, 0.05) is 24.6 Å². The Kier molecular flexibility index (Phi) is 5.69. The van der Waals surface area contributed by atoms with Gasteiger partial charge in [-0.15, -0.1) is 0 Å². The van der Waals surface area contributed by atoms with Crippen molar-refractivity contribution in [3.05, 3.63) is 83.7 Å². The first-order chi connectivity index (χ1) is 12.6. The average Bonchev–Trinajstić information content (AvgIpc) is 3.14. The number of anilines is 1. The van der Waals surface area contributed by atoms with Gasteiger partial charge in [-0.3, -0.25) is 4.68 Å². The van der Waals surface area contributed by atoms with Gasteiger partial charge in [-0.2, -0.15) is 5.10 Å². The van der Waals surface area contributed by atoms with E-state index in [1.165, 1.54) is 5.56 Å². The molecule has 2 N–H and O–H groups in total. The smallest absolute Gasteiger partial charge is 0.319 e. The van der Waals surface area contributed by atoms with Crippen molar-refractivity contribution in [3.63, 3.8) is 0 Å². The Hall–Kier alpha value is -3.08. The van der Waals surface area contributed by atoms with Crippen LogP contribution in [-0.2, 0) is 13.1 Å². The van der Waals surface area contributed by atoms with Gasteiger partial charge in [0.15, 0.2) is 0 Å². The molecule has 3 rings (SSSR count). The highest BCUT2D eigenvalue weighted by atomic mass is 16.2. The average molecular weight is 348 g/mol. The number of rotatable bonds is 6. The molecule has 0 aliphatic carbocycles. The maximum absolute atomic E-state index is 12.2. The van der Waals surface area contributed by atoms with Gasteiger partial charge in [0.1, 0.15) is 0 Å². The lowest BCUT2D eigenvalue weighted by molar-refractivity contribution is 0.251. The number of amides is 2. The molecule has 0 saturated heterocycles.